The van der Waals surface area contributed by atoms with Crippen molar-refractivity contribution in [2.45, 2.75) is 25.3 Å². The van der Waals surface area contributed by atoms with Gasteiger partial charge >= 0.3 is 12.1 Å². The molecule has 0 atom stereocenters. The second-order valence-corrected chi connectivity index (χ2v) is 11.1. The normalized spacial score (nSPS) is 14.1. The van der Waals surface area contributed by atoms with E-state index in [1.807, 2.05) is 12.1 Å². The van der Waals surface area contributed by atoms with Crippen LogP contribution >= 0.6 is 0 Å². The van der Waals surface area contributed by atoms with E-state index >= 15 is 0 Å². The Bertz CT molecular complexity index is 1930. The van der Waals surface area contributed by atoms with E-state index in [4.69, 9.17) is 9.52 Å². The molecule has 0 spiro atoms. The minimum absolute atomic E-state index is 0.00123. The number of aromatic nitrogens is 1. The van der Waals surface area contributed by atoms with Crippen LogP contribution in [0.4, 0.5) is 34.3 Å². The Balaban J connectivity index is 1.21. The first-order valence-electron chi connectivity index (χ1n) is 14.6. The van der Waals surface area contributed by atoms with Crippen molar-refractivity contribution in [2.24, 2.45) is 0 Å². The number of nitrogens with zero attached hydrogens (tertiary/aromatic N) is 2. The van der Waals surface area contributed by atoms with Gasteiger partial charge in [0.1, 0.15) is 23.0 Å². The lowest BCUT2D eigenvalue weighted by atomic mass is 9.96. The zero-order chi connectivity index (χ0) is 33.1. The summed E-state index contributed by atoms with van der Waals surface area (Å²) in [5.74, 6) is -2.88. The third kappa shape index (κ3) is 7.35. The molecular formula is C34H28F3N5O5. The Kier molecular flexibility index (Phi) is 8.53. The third-order valence-electron chi connectivity index (χ3n) is 7.75. The maximum Gasteiger partial charge on any atom is 0.410 e. The second kappa shape index (κ2) is 12.9. The predicted molar refractivity (Wildman–Crippen MR) is 169 cm³/mol. The fraction of sp³-hybridized carbons (Fsp3) is 0.176. The van der Waals surface area contributed by atoms with Crippen molar-refractivity contribution >= 4 is 40.5 Å². The van der Waals surface area contributed by atoms with Crippen LogP contribution in [0.5, 0.6) is 0 Å². The van der Waals surface area contributed by atoms with Gasteiger partial charge in [0.25, 0.3) is 11.8 Å². The summed E-state index contributed by atoms with van der Waals surface area (Å²) in [6, 6.07) is 20.8. The Morgan fingerprint density at radius 3 is 2.23 bits per heavy atom. The van der Waals surface area contributed by atoms with Gasteiger partial charge in [-0.25, -0.2) is 27.7 Å². The van der Waals surface area contributed by atoms with Crippen LogP contribution in [-0.2, 0) is 6.54 Å². The Labute approximate surface area is 266 Å². The van der Waals surface area contributed by atoms with E-state index in [2.05, 4.69) is 20.9 Å². The van der Waals surface area contributed by atoms with Crippen LogP contribution in [0.25, 0.3) is 33.2 Å². The van der Waals surface area contributed by atoms with Crippen molar-refractivity contribution < 1.29 is 37.1 Å². The Morgan fingerprint density at radius 2 is 1.57 bits per heavy atom. The van der Waals surface area contributed by atoms with E-state index in [1.54, 1.807) is 42.5 Å². The van der Waals surface area contributed by atoms with E-state index in [1.165, 1.54) is 35.4 Å². The lowest BCUT2D eigenvalue weighted by Crippen LogP contribution is -2.42. The van der Waals surface area contributed by atoms with Crippen molar-refractivity contribution in [3.05, 3.63) is 102 Å². The number of benzene rings is 3. The molecule has 1 saturated heterocycles. The summed E-state index contributed by atoms with van der Waals surface area (Å²) >= 11 is 0. The van der Waals surface area contributed by atoms with Crippen LogP contribution in [0.1, 0.15) is 29.0 Å². The monoisotopic (exact) mass is 643 g/mol. The van der Waals surface area contributed by atoms with Gasteiger partial charge in [-0.05, 0) is 71.3 Å². The Hall–Kier alpha value is -5.85. The molecule has 1 aliphatic heterocycles. The molecule has 0 saturated carbocycles. The van der Waals surface area contributed by atoms with E-state index in [0.29, 0.717) is 33.7 Å². The SMILES string of the molecule is O=C(O)Nc1ccc(NC(=O)NCc2cc3cc(-c4ccc(C(=O)N5CCC(F)(F)CC5)cc4)cc(-c4ccc(F)cc4)c3o2)cn1. The number of alkyl halides is 2. The van der Waals surface area contributed by atoms with Gasteiger partial charge in [-0.3, -0.25) is 10.1 Å². The molecule has 6 rings (SSSR count). The molecule has 0 radical (unpaired) electrons. The van der Waals surface area contributed by atoms with Gasteiger partial charge < -0.3 is 25.1 Å². The van der Waals surface area contributed by atoms with E-state index in [0.717, 1.165) is 16.5 Å². The maximum atomic E-state index is 13.8. The fourth-order valence-electron chi connectivity index (χ4n) is 5.32. The lowest BCUT2D eigenvalue weighted by molar-refractivity contribution is -0.0494. The van der Waals surface area contributed by atoms with Gasteiger partial charge in [-0.15, -0.1) is 0 Å². The van der Waals surface area contributed by atoms with Gasteiger partial charge in [0.15, 0.2) is 0 Å². The van der Waals surface area contributed by atoms with Crippen molar-refractivity contribution in [1.29, 1.82) is 0 Å². The third-order valence-corrected chi connectivity index (χ3v) is 7.75. The summed E-state index contributed by atoms with van der Waals surface area (Å²) in [5.41, 5.74) is 4.23. The number of furan rings is 1. The number of anilines is 2. The smallest absolute Gasteiger partial charge is 0.410 e. The molecule has 0 bridgehead atoms. The van der Waals surface area contributed by atoms with Crippen molar-refractivity contribution in [1.82, 2.24) is 15.2 Å². The van der Waals surface area contributed by atoms with E-state index in [9.17, 15) is 27.6 Å². The minimum atomic E-state index is -2.74. The summed E-state index contributed by atoms with van der Waals surface area (Å²) in [6.45, 7) is 0.0342. The van der Waals surface area contributed by atoms with Crippen LogP contribution in [0.2, 0.25) is 0 Å². The highest BCUT2D eigenvalue weighted by Crippen LogP contribution is 2.36. The highest BCUT2D eigenvalue weighted by atomic mass is 19.3. The maximum absolute atomic E-state index is 13.8. The molecule has 0 unspecified atom stereocenters. The predicted octanol–water partition coefficient (Wildman–Crippen LogP) is 7.58. The number of fused-ring (bicyclic) bond motifs is 1. The van der Waals surface area contributed by atoms with Crippen molar-refractivity contribution in [3.63, 3.8) is 0 Å². The summed E-state index contributed by atoms with van der Waals surface area (Å²) in [4.78, 5) is 41.6. The van der Waals surface area contributed by atoms with Crippen LogP contribution in [0, 0.1) is 5.82 Å². The largest absolute Gasteiger partial charge is 0.465 e. The second-order valence-electron chi connectivity index (χ2n) is 11.1. The first-order chi connectivity index (χ1) is 22.5. The number of halogens is 3. The zero-order valence-corrected chi connectivity index (χ0v) is 24.7. The molecule has 3 heterocycles. The molecule has 0 aliphatic carbocycles. The summed E-state index contributed by atoms with van der Waals surface area (Å²) < 4.78 is 47.1. The number of piperidine rings is 1. The van der Waals surface area contributed by atoms with Crippen LogP contribution in [0.3, 0.4) is 0 Å². The summed E-state index contributed by atoms with van der Waals surface area (Å²) in [5, 5.41) is 16.9. The standard InChI is InChI=1S/C34H28F3N5O5/c35-25-7-5-21(6-8-25)28-17-23(20-1-3-22(4-2-20)31(43)42-13-11-34(36,37)12-14-42)15-24-16-27(47-30(24)28)19-39-32(44)40-26-9-10-29(38-18-26)41-33(45)46/h1-10,15-18H,11-14,19H2,(H,38,41)(H,45,46)(H2,39,40,44). The molecule has 1 aliphatic rings. The topological polar surface area (TPSA) is 137 Å². The Morgan fingerprint density at radius 1 is 0.872 bits per heavy atom. The molecule has 240 valence electrons. The molecule has 3 aromatic carbocycles. The fourth-order valence-corrected chi connectivity index (χ4v) is 5.32. The molecule has 13 heteroatoms. The molecular weight excluding hydrogens is 615 g/mol. The average Bonchev–Trinajstić information content (AvgIpc) is 3.47. The first-order valence-corrected chi connectivity index (χ1v) is 14.6. The zero-order valence-electron chi connectivity index (χ0n) is 24.7. The van der Waals surface area contributed by atoms with Crippen molar-refractivity contribution in [2.75, 3.05) is 23.7 Å². The molecule has 10 nitrogen and oxygen atoms in total. The van der Waals surface area contributed by atoms with Gasteiger partial charge in [0, 0.05) is 42.4 Å². The molecule has 47 heavy (non-hydrogen) atoms. The molecule has 2 aromatic heterocycles. The number of hydrogen-bond acceptors (Lipinski definition) is 5. The number of carboxylic acid groups (broad SMARTS) is 1. The number of likely N-dealkylation sites (tertiary alicyclic amines) is 1. The molecule has 4 amide bonds. The number of carbonyl (C=O) groups is 3. The minimum Gasteiger partial charge on any atom is -0.465 e. The highest BCUT2D eigenvalue weighted by molar-refractivity contribution is 5.98. The van der Waals surface area contributed by atoms with Crippen molar-refractivity contribution in [3.8, 4) is 22.3 Å². The molecule has 1 fully saturated rings. The van der Waals surface area contributed by atoms with Gasteiger partial charge in [0.2, 0.25) is 0 Å². The van der Waals surface area contributed by atoms with Gasteiger partial charge in [-0.2, -0.15) is 0 Å². The van der Waals surface area contributed by atoms with Gasteiger partial charge in [0.05, 0.1) is 18.4 Å². The van der Waals surface area contributed by atoms with E-state index in [-0.39, 0.29) is 44.2 Å². The van der Waals surface area contributed by atoms with Gasteiger partial charge in [-0.1, -0.05) is 24.3 Å². The van der Waals surface area contributed by atoms with Crippen LogP contribution in [0.15, 0.2) is 89.5 Å². The number of carbonyl (C=O) groups excluding carboxylic acids is 2. The van der Waals surface area contributed by atoms with Crippen LogP contribution < -0.4 is 16.0 Å². The quantitative estimate of drug-likeness (QED) is 0.144. The van der Waals surface area contributed by atoms with Crippen LogP contribution in [-0.4, -0.2) is 52.0 Å². The first kappa shape index (κ1) is 31.1. The average molecular weight is 644 g/mol. The highest BCUT2D eigenvalue weighted by Gasteiger charge is 2.35. The summed E-state index contributed by atoms with van der Waals surface area (Å²) in [7, 11) is 0. The molecule has 4 N–H and O–H groups in total. The number of nitrogens with one attached hydrogen (secondary N) is 3. The number of rotatable bonds is 7. The number of pyridine rings is 1. The number of hydrogen-bond donors (Lipinski definition) is 4. The van der Waals surface area contributed by atoms with E-state index < -0.39 is 23.9 Å². The number of amides is 4. The summed E-state index contributed by atoms with van der Waals surface area (Å²) in [6.07, 6.45) is -0.655. The lowest BCUT2D eigenvalue weighted by Gasteiger charge is -2.31. The molecule has 5 aromatic rings. The number of urea groups is 1.